The molecular weight excluding hydrogens is 231 g/mol. The molecule has 0 aliphatic rings. The van der Waals surface area contributed by atoms with Crippen molar-refractivity contribution in [1.29, 1.82) is 0 Å². The second-order valence-electron chi connectivity index (χ2n) is 4.08. The summed E-state index contributed by atoms with van der Waals surface area (Å²) in [6.07, 6.45) is 0.856. The van der Waals surface area contributed by atoms with Crippen molar-refractivity contribution in [3.05, 3.63) is 34.6 Å². The van der Waals surface area contributed by atoms with Gasteiger partial charge >= 0.3 is 0 Å². The molecule has 1 aromatic rings. The number of hydrogen-bond acceptors (Lipinski definition) is 2. The van der Waals surface area contributed by atoms with E-state index in [0.717, 1.165) is 0 Å². The van der Waals surface area contributed by atoms with Gasteiger partial charge in [-0.2, -0.15) is 0 Å². The lowest BCUT2D eigenvalue weighted by Gasteiger charge is -2.28. The van der Waals surface area contributed by atoms with E-state index in [2.05, 4.69) is 0 Å². The van der Waals surface area contributed by atoms with Gasteiger partial charge in [0, 0.05) is 10.4 Å². The van der Waals surface area contributed by atoms with E-state index >= 15 is 0 Å². The van der Waals surface area contributed by atoms with Crippen molar-refractivity contribution in [3.8, 4) is 0 Å². The van der Waals surface area contributed by atoms with E-state index in [1.165, 1.54) is 18.2 Å². The Bertz CT molecular complexity index is 343. The molecule has 2 nitrogen and oxygen atoms in total. The summed E-state index contributed by atoms with van der Waals surface area (Å²) in [6.45, 7) is 1.51. The van der Waals surface area contributed by atoms with Crippen LogP contribution in [-0.2, 0) is 6.42 Å². The Kier molecular flexibility index (Phi) is 4.71. The molecule has 0 spiro atoms. The van der Waals surface area contributed by atoms with Crippen molar-refractivity contribution in [2.75, 3.05) is 13.2 Å². The zero-order valence-corrected chi connectivity index (χ0v) is 9.97. The van der Waals surface area contributed by atoms with Gasteiger partial charge in [0.05, 0.1) is 13.2 Å². The maximum Gasteiger partial charge on any atom is 0.126 e. The molecule has 1 rings (SSSR count). The molecular formula is C12H16ClFO2. The Morgan fingerprint density at radius 2 is 1.94 bits per heavy atom. The van der Waals surface area contributed by atoms with E-state index in [1.807, 2.05) is 6.92 Å². The van der Waals surface area contributed by atoms with Crippen LogP contribution >= 0.6 is 11.6 Å². The molecule has 0 aromatic heterocycles. The van der Waals surface area contributed by atoms with Gasteiger partial charge in [-0.15, -0.1) is 0 Å². The molecule has 0 saturated heterocycles. The number of halogens is 2. The lowest BCUT2D eigenvalue weighted by Crippen LogP contribution is -2.31. The lowest BCUT2D eigenvalue weighted by atomic mass is 9.80. The van der Waals surface area contributed by atoms with E-state index in [9.17, 15) is 14.6 Å². The highest BCUT2D eigenvalue weighted by Gasteiger charge is 2.28. The van der Waals surface area contributed by atoms with Crippen LogP contribution in [0, 0.1) is 11.2 Å². The van der Waals surface area contributed by atoms with Gasteiger partial charge in [0.15, 0.2) is 0 Å². The summed E-state index contributed by atoms with van der Waals surface area (Å²) in [4.78, 5) is 0. The SMILES string of the molecule is CCC(CO)(CO)Cc1cc(Cl)ccc1F. The topological polar surface area (TPSA) is 40.5 Å². The first kappa shape index (κ1) is 13.4. The standard InChI is InChI=1S/C12H16ClFO2/c1-2-12(7-15,8-16)6-9-5-10(13)3-4-11(9)14/h3-5,15-16H,2,6-8H2,1H3. The summed E-state index contributed by atoms with van der Waals surface area (Å²) in [5.74, 6) is -0.357. The minimum Gasteiger partial charge on any atom is -0.396 e. The third kappa shape index (κ3) is 2.94. The Morgan fingerprint density at radius 3 is 2.44 bits per heavy atom. The van der Waals surface area contributed by atoms with Crippen LogP contribution < -0.4 is 0 Å². The van der Waals surface area contributed by atoms with Crippen molar-refractivity contribution in [3.63, 3.8) is 0 Å². The Balaban J connectivity index is 2.97. The minimum atomic E-state index is -0.675. The number of aliphatic hydroxyl groups excluding tert-OH is 2. The van der Waals surface area contributed by atoms with Gasteiger partial charge in [-0.05, 0) is 36.6 Å². The minimum absolute atomic E-state index is 0.175. The Labute approximate surface area is 99.7 Å². The molecule has 0 fully saturated rings. The van der Waals surface area contributed by atoms with Crippen LogP contribution in [0.15, 0.2) is 18.2 Å². The van der Waals surface area contributed by atoms with Gasteiger partial charge in [0.2, 0.25) is 0 Å². The zero-order valence-electron chi connectivity index (χ0n) is 9.21. The molecule has 1 aromatic carbocycles. The van der Waals surface area contributed by atoms with Crippen molar-refractivity contribution in [2.45, 2.75) is 19.8 Å². The van der Waals surface area contributed by atoms with E-state index < -0.39 is 5.41 Å². The van der Waals surface area contributed by atoms with Crippen molar-refractivity contribution >= 4 is 11.6 Å². The number of aliphatic hydroxyl groups is 2. The summed E-state index contributed by atoms with van der Waals surface area (Å²) in [5, 5.41) is 19.0. The summed E-state index contributed by atoms with van der Waals surface area (Å²) < 4.78 is 13.5. The van der Waals surface area contributed by atoms with Crippen LogP contribution in [0.5, 0.6) is 0 Å². The molecule has 0 saturated carbocycles. The van der Waals surface area contributed by atoms with Gasteiger partial charge in [0.1, 0.15) is 5.82 Å². The monoisotopic (exact) mass is 246 g/mol. The van der Waals surface area contributed by atoms with Crippen molar-refractivity contribution < 1.29 is 14.6 Å². The maximum absolute atomic E-state index is 13.5. The molecule has 2 N–H and O–H groups in total. The predicted octanol–water partition coefficient (Wildman–Crippen LogP) is 2.40. The second kappa shape index (κ2) is 5.62. The first-order valence-corrected chi connectivity index (χ1v) is 5.60. The van der Waals surface area contributed by atoms with Gasteiger partial charge in [-0.25, -0.2) is 4.39 Å². The molecule has 0 bridgehead atoms. The molecule has 0 amide bonds. The second-order valence-corrected chi connectivity index (χ2v) is 4.52. The summed E-state index contributed by atoms with van der Waals surface area (Å²) >= 11 is 5.78. The van der Waals surface area contributed by atoms with E-state index in [0.29, 0.717) is 17.0 Å². The van der Waals surface area contributed by atoms with E-state index in [1.54, 1.807) is 0 Å². The molecule has 4 heteroatoms. The Morgan fingerprint density at radius 1 is 1.31 bits per heavy atom. The molecule has 0 aliphatic carbocycles. The largest absolute Gasteiger partial charge is 0.396 e. The van der Waals surface area contributed by atoms with Crippen molar-refractivity contribution in [2.24, 2.45) is 5.41 Å². The van der Waals surface area contributed by atoms with E-state index in [-0.39, 0.29) is 25.5 Å². The fraction of sp³-hybridized carbons (Fsp3) is 0.500. The third-order valence-electron chi connectivity index (χ3n) is 2.99. The number of benzene rings is 1. The molecule has 0 aliphatic heterocycles. The molecule has 16 heavy (non-hydrogen) atoms. The molecule has 0 atom stereocenters. The summed E-state index contributed by atoms with van der Waals surface area (Å²) in [7, 11) is 0. The van der Waals surface area contributed by atoms with Crippen molar-refractivity contribution in [1.82, 2.24) is 0 Å². The first-order chi connectivity index (χ1) is 7.56. The van der Waals surface area contributed by atoms with Gasteiger partial charge in [-0.3, -0.25) is 0 Å². The molecule has 0 radical (unpaired) electrons. The molecule has 0 heterocycles. The Hall–Kier alpha value is -0.640. The van der Waals surface area contributed by atoms with Crippen LogP contribution in [0.3, 0.4) is 0 Å². The van der Waals surface area contributed by atoms with Gasteiger partial charge < -0.3 is 10.2 Å². The number of hydrogen-bond donors (Lipinski definition) is 2. The van der Waals surface area contributed by atoms with Gasteiger partial charge in [0.25, 0.3) is 0 Å². The van der Waals surface area contributed by atoms with E-state index in [4.69, 9.17) is 11.6 Å². The summed E-state index contributed by atoms with van der Waals surface area (Å²) in [6, 6.07) is 4.31. The molecule has 90 valence electrons. The van der Waals surface area contributed by atoms with Crippen LogP contribution in [-0.4, -0.2) is 23.4 Å². The quantitative estimate of drug-likeness (QED) is 0.838. The third-order valence-corrected chi connectivity index (χ3v) is 3.23. The van der Waals surface area contributed by atoms with Gasteiger partial charge in [-0.1, -0.05) is 18.5 Å². The normalized spacial score (nSPS) is 11.8. The highest BCUT2D eigenvalue weighted by molar-refractivity contribution is 6.30. The average Bonchev–Trinajstić information content (AvgIpc) is 2.31. The lowest BCUT2D eigenvalue weighted by molar-refractivity contribution is 0.0507. The van der Waals surface area contributed by atoms with Crippen LogP contribution in [0.4, 0.5) is 4.39 Å². The highest BCUT2D eigenvalue weighted by atomic mass is 35.5. The van der Waals surface area contributed by atoms with Crippen LogP contribution in [0.1, 0.15) is 18.9 Å². The predicted molar refractivity (Wildman–Crippen MR) is 62.0 cm³/mol. The fourth-order valence-corrected chi connectivity index (χ4v) is 1.79. The first-order valence-electron chi connectivity index (χ1n) is 5.22. The van der Waals surface area contributed by atoms with Crippen LogP contribution in [0.2, 0.25) is 5.02 Å². The smallest absolute Gasteiger partial charge is 0.126 e. The average molecular weight is 247 g/mol. The summed E-state index contributed by atoms with van der Waals surface area (Å²) in [5.41, 5.74) is -0.247. The van der Waals surface area contributed by atoms with Crippen LogP contribution in [0.25, 0.3) is 0 Å². The zero-order chi connectivity index (χ0) is 12.2. The molecule has 0 unspecified atom stereocenters. The maximum atomic E-state index is 13.5. The fourth-order valence-electron chi connectivity index (χ4n) is 1.59. The number of rotatable bonds is 5. The highest BCUT2D eigenvalue weighted by Crippen LogP contribution is 2.28.